The van der Waals surface area contributed by atoms with Gasteiger partial charge in [-0.15, -0.1) is 0 Å². The van der Waals surface area contributed by atoms with Crippen LogP contribution in [0.3, 0.4) is 0 Å². The molecule has 1 aromatic rings. The number of carbonyl (C=O) groups is 1. The first-order chi connectivity index (χ1) is 7.03. The van der Waals surface area contributed by atoms with Crippen LogP contribution in [0.25, 0.3) is 0 Å². The predicted molar refractivity (Wildman–Crippen MR) is 60.5 cm³/mol. The second-order valence-corrected chi connectivity index (χ2v) is 4.82. The Morgan fingerprint density at radius 2 is 2.00 bits per heavy atom. The zero-order valence-electron chi connectivity index (χ0n) is 9.50. The summed E-state index contributed by atoms with van der Waals surface area (Å²) in [4.78, 5) is 11.8. The lowest BCUT2D eigenvalue weighted by atomic mass is 9.73. The fourth-order valence-electron chi connectivity index (χ4n) is 2.20. The number of amides is 1. The lowest BCUT2D eigenvalue weighted by Gasteiger charge is -2.30. The summed E-state index contributed by atoms with van der Waals surface area (Å²) in [5.74, 6) is 0.164. The lowest BCUT2D eigenvalue weighted by molar-refractivity contribution is -0.126. The Morgan fingerprint density at radius 1 is 1.33 bits per heavy atom. The van der Waals surface area contributed by atoms with Gasteiger partial charge in [-0.3, -0.25) is 4.79 Å². The molecule has 1 aliphatic rings. The highest BCUT2D eigenvalue weighted by Crippen LogP contribution is 2.35. The predicted octanol–water partition coefficient (Wildman–Crippen LogP) is 2.23. The van der Waals surface area contributed by atoms with E-state index in [1.165, 1.54) is 11.1 Å². The van der Waals surface area contributed by atoms with Crippen molar-refractivity contribution in [3.05, 3.63) is 35.4 Å². The number of nitrogens with one attached hydrogen (secondary N) is 1. The molecule has 1 N–H and O–H groups in total. The quantitative estimate of drug-likeness (QED) is 0.688. The van der Waals surface area contributed by atoms with Gasteiger partial charge >= 0.3 is 0 Å². The van der Waals surface area contributed by atoms with Gasteiger partial charge in [-0.25, -0.2) is 0 Å². The molecule has 2 heteroatoms. The Hall–Kier alpha value is -1.31. The Kier molecular flexibility index (Phi) is 2.29. The van der Waals surface area contributed by atoms with Crippen molar-refractivity contribution < 1.29 is 4.79 Å². The standard InChI is InChI=1S/C13H17NO/c1-9-12(15)14-8-10-6-4-5-7-11(10)13(9,2)3/h4-7,9H,8H2,1-3H3,(H,14,15). The smallest absolute Gasteiger partial charge is 0.223 e. The Bertz CT molecular complexity index is 395. The van der Waals surface area contributed by atoms with Gasteiger partial charge in [-0.2, -0.15) is 0 Å². The van der Waals surface area contributed by atoms with E-state index >= 15 is 0 Å². The normalized spacial score (nSPS) is 23.9. The molecule has 1 aliphatic heterocycles. The van der Waals surface area contributed by atoms with Gasteiger partial charge in [0.15, 0.2) is 0 Å². The molecule has 1 heterocycles. The number of fused-ring (bicyclic) bond motifs is 1. The summed E-state index contributed by atoms with van der Waals surface area (Å²) < 4.78 is 0. The van der Waals surface area contributed by atoms with Crippen molar-refractivity contribution in [2.45, 2.75) is 32.7 Å². The maximum atomic E-state index is 11.8. The average Bonchev–Trinajstić information content (AvgIpc) is 2.31. The number of hydrogen-bond acceptors (Lipinski definition) is 1. The first-order valence-corrected chi connectivity index (χ1v) is 5.39. The van der Waals surface area contributed by atoms with Crippen LogP contribution in [-0.2, 0) is 16.8 Å². The molecule has 0 radical (unpaired) electrons. The molecule has 1 unspecified atom stereocenters. The highest BCUT2D eigenvalue weighted by Gasteiger charge is 2.36. The van der Waals surface area contributed by atoms with Gasteiger partial charge < -0.3 is 5.32 Å². The summed E-state index contributed by atoms with van der Waals surface area (Å²) in [6.07, 6.45) is 0. The molecule has 1 atom stereocenters. The van der Waals surface area contributed by atoms with Gasteiger partial charge in [0.25, 0.3) is 0 Å². The van der Waals surface area contributed by atoms with Crippen molar-refractivity contribution in [2.75, 3.05) is 0 Å². The average molecular weight is 203 g/mol. The molecule has 0 saturated carbocycles. The van der Waals surface area contributed by atoms with Crippen LogP contribution in [0, 0.1) is 5.92 Å². The minimum Gasteiger partial charge on any atom is -0.352 e. The van der Waals surface area contributed by atoms with Crippen LogP contribution >= 0.6 is 0 Å². The van der Waals surface area contributed by atoms with E-state index in [9.17, 15) is 4.79 Å². The van der Waals surface area contributed by atoms with Crippen molar-refractivity contribution in [1.29, 1.82) is 0 Å². The molecular formula is C13H17NO. The number of hydrogen-bond donors (Lipinski definition) is 1. The molecule has 0 bridgehead atoms. The topological polar surface area (TPSA) is 29.1 Å². The summed E-state index contributed by atoms with van der Waals surface area (Å²) in [6.45, 7) is 6.93. The molecule has 0 saturated heterocycles. The van der Waals surface area contributed by atoms with Crippen LogP contribution in [-0.4, -0.2) is 5.91 Å². The molecule has 80 valence electrons. The third kappa shape index (κ3) is 1.54. The number of carbonyl (C=O) groups excluding carboxylic acids is 1. The van der Waals surface area contributed by atoms with Crippen molar-refractivity contribution in [3.8, 4) is 0 Å². The number of rotatable bonds is 0. The minimum atomic E-state index is -0.0861. The maximum Gasteiger partial charge on any atom is 0.223 e. The van der Waals surface area contributed by atoms with Crippen molar-refractivity contribution in [1.82, 2.24) is 5.32 Å². The van der Waals surface area contributed by atoms with Gasteiger partial charge in [0.05, 0.1) is 0 Å². The fraction of sp³-hybridized carbons (Fsp3) is 0.462. The third-order valence-corrected chi connectivity index (χ3v) is 3.64. The van der Waals surface area contributed by atoms with Crippen LogP contribution < -0.4 is 5.32 Å². The molecule has 15 heavy (non-hydrogen) atoms. The SMILES string of the molecule is CC1C(=O)NCc2ccccc2C1(C)C. The zero-order chi connectivity index (χ0) is 11.1. The van der Waals surface area contributed by atoms with Crippen LogP contribution in [0.2, 0.25) is 0 Å². The van der Waals surface area contributed by atoms with Crippen molar-refractivity contribution in [3.63, 3.8) is 0 Å². The third-order valence-electron chi connectivity index (χ3n) is 3.64. The fourth-order valence-corrected chi connectivity index (χ4v) is 2.20. The maximum absolute atomic E-state index is 11.8. The second-order valence-electron chi connectivity index (χ2n) is 4.82. The summed E-state index contributed by atoms with van der Waals surface area (Å²) in [6, 6.07) is 8.29. The molecule has 0 aromatic heterocycles. The van der Waals surface area contributed by atoms with Gasteiger partial charge in [0.2, 0.25) is 5.91 Å². The zero-order valence-corrected chi connectivity index (χ0v) is 9.50. The Labute approximate surface area is 90.7 Å². The Morgan fingerprint density at radius 3 is 2.73 bits per heavy atom. The Balaban J connectivity index is 2.56. The van der Waals surface area contributed by atoms with Crippen LogP contribution in [0.4, 0.5) is 0 Å². The molecular weight excluding hydrogens is 186 g/mol. The molecule has 0 fully saturated rings. The first kappa shape index (κ1) is 10.2. The van der Waals surface area contributed by atoms with E-state index in [4.69, 9.17) is 0 Å². The van der Waals surface area contributed by atoms with E-state index < -0.39 is 0 Å². The summed E-state index contributed by atoms with van der Waals surface area (Å²) in [5.41, 5.74) is 2.44. The van der Waals surface area contributed by atoms with E-state index in [0.717, 1.165) is 0 Å². The van der Waals surface area contributed by atoms with E-state index in [0.29, 0.717) is 6.54 Å². The van der Waals surface area contributed by atoms with Crippen LogP contribution in [0.1, 0.15) is 31.9 Å². The molecule has 2 nitrogen and oxygen atoms in total. The van der Waals surface area contributed by atoms with Gasteiger partial charge in [-0.1, -0.05) is 45.0 Å². The van der Waals surface area contributed by atoms with E-state index in [1.54, 1.807) is 0 Å². The van der Waals surface area contributed by atoms with Gasteiger partial charge in [-0.05, 0) is 11.1 Å². The lowest BCUT2D eigenvalue weighted by Crippen LogP contribution is -2.36. The number of benzene rings is 1. The highest BCUT2D eigenvalue weighted by molar-refractivity contribution is 5.81. The molecule has 2 rings (SSSR count). The van der Waals surface area contributed by atoms with E-state index in [-0.39, 0.29) is 17.2 Å². The van der Waals surface area contributed by atoms with Crippen molar-refractivity contribution in [2.24, 2.45) is 5.92 Å². The molecule has 1 aromatic carbocycles. The first-order valence-electron chi connectivity index (χ1n) is 5.39. The molecule has 1 amide bonds. The van der Waals surface area contributed by atoms with Gasteiger partial charge in [0, 0.05) is 17.9 Å². The van der Waals surface area contributed by atoms with E-state index in [1.807, 2.05) is 19.1 Å². The van der Waals surface area contributed by atoms with Gasteiger partial charge in [0.1, 0.15) is 0 Å². The van der Waals surface area contributed by atoms with E-state index in [2.05, 4.69) is 31.3 Å². The second kappa shape index (κ2) is 3.37. The summed E-state index contributed by atoms with van der Waals surface area (Å²) >= 11 is 0. The van der Waals surface area contributed by atoms with Crippen LogP contribution in [0.5, 0.6) is 0 Å². The summed E-state index contributed by atoms with van der Waals surface area (Å²) in [7, 11) is 0. The minimum absolute atomic E-state index is 0.0150. The summed E-state index contributed by atoms with van der Waals surface area (Å²) in [5, 5.41) is 2.97. The monoisotopic (exact) mass is 203 g/mol. The molecule has 0 spiro atoms. The highest BCUT2D eigenvalue weighted by atomic mass is 16.1. The van der Waals surface area contributed by atoms with Crippen LogP contribution in [0.15, 0.2) is 24.3 Å². The van der Waals surface area contributed by atoms with Crippen molar-refractivity contribution >= 4 is 5.91 Å². The molecule has 0 aliphatic carbocycles. The largest absolute Gasteiger partial charge is 0.352 e.